The lowest BCUT2D eigenvalue weighted by atomic mass is 10.0. The van der Waals surface area contributed by atoms with E-state index < -0.39 is 22.0 Å². The van der Waals surface area contributed by atoms with Crippen molar-refractivity contribution in [2.75, 3.05) is 18.7 Å². The molecule has 3 aromatic heterocycles. The van der Waals surface area contributed by atoms with Crippen LogP contribution in [0.4, 0.5) is 5.69 Å². The van der Waals surface area contributed by atoms with Gasteiger partial charge >= 0.3 is 6.01 Å². The first-order chi connectivity index (χ1) is 17.9. The third-order valence-corrected chi connectivity index (χ3v) is 6.38. The molecule has 0 aliphatic carbocycles. The van der Waals surface area contributed by atoms with Crippen molar-refractivity contribution < 1.29 is 17.9 Å². The van der Waals surface area contributed by atoms with Gasteiger partial charge in [-0.25, -0.2) is 33.1 Å². The largest absolute Gasteiger partial charge is 0.467 e. The molecule has 0 spiro atoms. The second kappa shape index (κ2) is 10.3. The third-order valence-electron chi connectivity index (χ3n) is 5.62. The maximum absolute atomic E-state index is 13.3. The Kier molecular flexibility index (Phi) is 7.33. The van der Waals surface area contributed by atoms with E-state index in [0.29, 0.717) is 27.9 Å². The molecule has 0 saturated heterocycles. The molecule has 14 heteroatoms. The molecular formula is C24H24ClN7O5S. The number of sulfonamides is 1. The van der Waals surface area contributed by atoms with E-state index in [-0.39, 0.29) is 28.1 Å². The van der Waals surface area contributed by atoms with Crippen molar-refractivity contribution in [1.29, 1.82) is 0 Å². The Morgan fingerprint density at radius 1 is 1.16 bits per heavy atom. The van der Waals surface area contributed by atoms with Crippen LogP contribution in [-0.2, 0) is 17.1 Å². The summed E-state index contributed by atoms with van der Waals surface area (Å²) in [4.78, 5) is 43.0. The number of amides is 1. The van der Waals surface area contributed by atoms with Crippen LogP contribution in [0.5, 0.6) is 6.01 Å². The number of carbonyl (C=O) groups excluding carboxylic acids is 1. The molecule has 0 unspecified atom stereocenters. The Balaban J connectivity index is 1.83. The lowest BCUT2D eigenvalue weighted by Crippen LogP contribution is -2.31. The Labute approximate surface area is 223 Å². The first kappa shape index (κ1) is 26.9. The van der Waals surface area contributed by atoms with Crippen LogP contribution in [0.1, 0.15) is 34.6 Å². The van der Waals surface area contributed by atoms with Crippen LogP contribution < -0.4 is 20.3 Å². The van der Waals surface area contributed by atoms with Crippen LogP contribution in [-0.4, -0.2) is 52.2 Å². The number of benzene rings is 1. The SMILES string of the molecule is COc1ncc(-c2nc3c([C@@H](C)Nc4ccc(Cl)nc4C(=O)NS(C)(=O)=O)cc(C)cc3c(=O)n2C)cn1. The van der Waals surface area contributed by atoms with Crippen molar-refractivity contribution in [2.45, 2.75) is 19.9 Å². The van der Waals surface area contributed by atoms with Crippen molar-refractivity contribution in [3.05, 3.63) is 69.0 Å². The van der Waals surface area contributed by atoms with Crippen LogP contribution in [0.15, 0.2) is 41.5 Å². The van der Waals surface area contributed by atoms with Crippen LogP contribution >= 0.6 is 11.6 Å². The fourth-order valence-electron chi connectivity index (χ4n) is 3.93. The molecule has 198 valence electrons. The van der Waals surface area contributed by atoms with Gasteiger partial charge in [0.1, 0.15) is 11.0 Å². The molecule has 1 aromatic carbocycles. The van der Waals surface area contributed by atoms with Gasteiger partial charge in [0.2, 0.25) is 10.0 Å². The highest BCUT2D eigenvalue weighted by atomic mass is 35.5. The topological polar surface area (TPSA) is 158 Å². The molecule has 38 heavy (non-hydrogen) atoms. The summed E-state index contributed by atoms with van der Waals surface area (Å²) in [5, 5.41) is 3.60. The highest BCUT2D eigenvalue weighted by molar-refractivity contribution is 7.89. The molecule has 0 radical (unpaired) electrons. The first-order valence-electron chi connectivity index (χ1n) is 11.2. The molecule has 2 N–H and O–H groups in total. The van der Waals surface area contributed by atoms with Gasteiger partial charge < -0.3 is 10.1 Å². The number of rotatable bonds is 7. The number of pyridine rings is 1. The molecule has 0 saturated carbocycles. The van der Waals surface area contributed by atoms with E-state index in [1.165, 1.54) is 36.2 Å². The normalized spacial score (nSPS) is 12.3. The molecule has 1 atom stereocenters. The summed E-state index contributed by atoms with van der Waals surface area (Å²) >= 11 is 5.98. The average Bonchev–Trinajstić information content (AvgIpc) is 2.86. The lowest BCUT2D eigenvalue weighted by molar-refractivity contribution is 0.0977. The Hall–Kier alpha value is -4.10. The Morgan fingerprint density at radius 3 is 2.47 bits per heavy atom. The number of carbonyl (C=O) groups is 1. The van der Waals surface area contributed by atoms with Crippen LogP contribution in [0, 0.1) is 6.92 Å². The van der Waals surface area contributed by atoms with Gasteiger partial charge in [-0.3, -0.25) is 14.2 Å². The number of hydrogen-bond acceptors (Lipinski definition) is 10. The number of nitrogens with zero attached hydrogens (tertiary/aromatic N) is 5. The standard InChI is InChI=1S/C24H24ClN7O5S/c1-12-8-15(13(2)28-17-6-7-18(25)29-20(17)22(33)31-38(5,35)36)19-16(9-12)23(34)32(3)21(30-19)14-10-26-24(37-4)27-11-14/h6-11,13,28H,1-5H3,(H,31,33)/t13-/m1/s1. The molecule has 1 amide bonds. The molecule has 0 aliphatic rings. The third kappa shape index (κ3) is 5.58. The predicted molar refractivity (Wildman–Crippen MR) is 143 cm³/mol. The van der Waals surface area contributed by atoms with E-state index in [9.17, 15) is 18.0 Å². The van der Waals surface area contributed by atoms with E-state index >= 15 is 0 Å². The maximum atomic E-state index is 13.3. The lowest BCUT2D eigenvalue weighted by Gasteiger charge is -2.20. The molecule has 0 bridgehead atoms. The summed E-state index contributed by atoms with van der Waals surface area (Å²) in [7, 11) is -0.768. The van der Waals surface area contributed by atoms with Gasteiger partial charge in [-0.1, -0.05) is 17.7 Å². The minimum Gasteiger partial charge on any atom is -0.467 e. The van der Waals surface area contributed by atoms with E-state index in [0.717, 1.165) is 11.8 Å². The van der Waals surface area contributed by atoms with E-state index in [1.54, 1.807) is 13.1 Å². The van der Waals surface area contributed by atoms with Crippen molar-refractivity contribution in [1.82, 2.24) is 29.2 Å². The van der Waals surface area contributed by atoms with Gasteiger partial charge in [-0.2, -0.15) is 0 Å². The summed E-state index contributed by atoms with van der Waals surface area (Å²) in [6.07, 6.45) is 3.89. The second-order valence-corrected chi connectivity index (χ2v) is 10.7. The minimum absolute atomic E-state index is 0.0133. The number of methoxy groups -OCH3 is 1. The van der Waals surface area contributed by atoms with Crippen molar-refractivity contribution in [3.8, 4) is 17.4 Å². The monoisotopic (exact) mass is 557 g/mol. The highest BCUT2D eigenvalue weighted by Crippen LogP contribution is 2.29. The van der Waals surface area contributed by atoms with Gasteiger partial charge in [0.15, 0.2) is 5.69 Å². The number of halogens is 1. The zero-order chi connectivity index (χ0) is 27.8. The fourth-order valence-corrected chi connectivity index (χ4v) is 4.51. The van der Waals surface area contributed by atoms with Gasteiger partial charge in [0, 0.05) is 25.0 Å². The smallest absolute Gasteiger partial charge is 0.316 e. The number of aryl methyl sites for hydroxylation is 1. The maximum Gasteiger partial charge on any atom is 0.316 e. The summed E-state index contributed by atoms with van der Waals surface area (Å²) in [6.45, 7) is 3.67. The minimum atomic E-state index is -3.84. The predicted octanol–water partition coefficient (Wildman–Crippen LogP) is 2.62. The zero-order valence-corrected chi connectivity index (χ0v) is 22.7. The van der Waals surface area contributed by atoms with Crippen LogP contribution in [0.3, 0.4) is 0 Å². The van der Waals surface area contributed by atoms with Crippen molar-refractivity contribution >= 4 is 44.1 Å². The van der Waals surface area contributed by atoms with Gasteiger partial charge in [0.25, 0.3) is 11.5 Å². The molecule has 0 aliphatic heterocycles. The molecule has 3 heterocycles. The number of anilines is 1. The Morgan fingerprint density at radius 2 is 1.84 bits per heavy atom. The van der Waals surface area contributed by atoms with E-state index in [4.69, 9.17) is 21.3 Å². The van der Waals surface area contributed by atoms with E-state index in [1.807, 2.05) is 24.6 Å². The quantitative estimate of drug-likeness (QED) is 0.323. The second-order valence-electron chi connectivity index (χ2n) is 8.61. The molecule has 0 fully saturated rings. The number of hydrogen-bond donors (Lipinski definition) is 2. The zero-order valence-electron chi connectivity index (χ0n) is 21.1. The average molecular weight is 558 g/mol. The van der Waals surface area contributed by atoms with Gasteiger partial charge in [0.05, 0.1) is 41.6 Å². The fraction of sp³-hybridized carbons (Fsp3) is 0.250. The van der Waals surface area contributed by atoms with Crippen LogP contribution in [0.25, 0.3) is 22.3 Å². The van der Waals surface area contributed by atoms with Crippen LogP contribution in [0.2, 0.25) is 5.15 Å². The summed E-state index contributed by atoms with van der Waals surface area (Å²) in [5.74, 6) is -0.587. The van der Waals surface area contributed by atoms with Crippen molar-refractivity contribution in [3.63, 3.8) is 0 Å². The highest BCUT2D eigenvalue weighted by Gasteiger charge is 2.22. The number of ether oxygens (including phenoxy) is 1. The summed E-state index contributed by atoms with van der Waals surface area (Å²) < 4.78 is 31.6. The number of aromatic nitrogens is 5. The van der Waals surface area contributed by atoms with Crippen molar-refractivity contribution in [2.24, 2.45) is 7.05 Å². The molecule has 4 aromatic rings. The molecule has 12 nitrogen and oxygen atoms in total. The molecular weight excluding hydrogens is 534 g/mol. The van der Waals surface area contributed by atoms with Gasteiger partial charge in [-0.15, -0.1) is 0 Å². The summed E-state index contributed by atoms with van der Waals surface area (Å²) in [5.41, 5.74) is 2.22. The van der Waals surface area contributed by atoms with E-state index in [2.05, 4.69) is 20.3 Å². The Bertz CT molecular complexity index is 1720. The molecule has 4 rings (SSSR count). The van der Waals surface area contributed by atoms with Gasteiger partial charge in [-0.05, 0) is 37.6 Å². The summed E-state index contributed by atoms with van der Waals surface area (Å²) in [6, 6.07) is 6.31. The number of nitrogens with one attached hydrogen (secondary N) is 2. The first-order valence-corrected chi connectivity index (χ1v) is 13.5. The number of fused-ring (bicyclic) bond motifs is 1.